The number of nitrogens with one attached hydrogen (secondary N) is 1. The van der Waals surface area contributed by atoms with Gasteiger partial charge in [-0.05, 0) is 38.1 Å². The van der Waals surface area contributed by atoms with E-state index in [0.717, 1.165) is 5.56 Å². The highest BCUT2D eigenvalue weighted by molar-refractivity contribution is 5.97. The van der Waals surface area contributed by atoms with E-state index in [1.54, 1.807) is 18.2 Å². The second-order valence-corrected chi connectivity index (χ2v) is 5.50. The van der Waals surface area contributed by atoms with E-state index in [-0.39, 0.29) is 5.56 Å². The number of benzene rings is 2. The molecule has 1 atom stereocenters. The van der Waals surface area contributed by atoms with E-state index >= 15 is 0 Å². The van der Waals surface area contributed by atoms with E-state index in [9.17, 15) is 9.59 Å². The third kappa shape index (κ3) is 4.97. The van der Waals surface area contributed by atoms with Gasteiger partial charge in [0.1, 0.15) is 11.5 Å². The molecule has 0 aromatic heterocycles. The second kappa shape index (κ2) is 8.19. The Morgan fingerprint density at radius 1 is 0.960 bits per heavy atom. The summed E-state index contributed by atoms with van der Waals surface area (Å²) < 4.78 is 15.5. The van der Waals surface area contributed by atoms with Gasteiger partial charge in [0.15, 0.2) is 6.10 Å². The summed E-state index contributed by atoms with van der Waals surface area (Å²) in [5, 5.41) is 2.71. The van der Waals surface area contributed by atoms with E-state index in [1.165, 1.54) is 33.3 Å². The summed E-state index contributed by atoms with van der Waals surface area (Å²) in [6.45, 7) is 3.47. The number of ether oxygens (including phenoxy) is 3. The van der Waals surface area contributed by atoms with Gasteiger partial charge in [-0.2, -0.15) is 0 Å². The van der Waals surface area contributed by atoms with Crippen LogP contribution in [0.2, 0.25) is 0 Å². The van der Waals surface area contributed by atoms with Gasteiger partial charge in [-0.25, -0.2) is 4.79 Å². The standard InChI is InChI=1S/C19H21NO5/c1-12-5-7-15(8-6-12)20-18(21)13(2)25-19(22)14-9-16(23-3)11-17(10-14)24-4/h5-11,13H,1-4H3,(H,20,21). The highest BCUT2D eigenvalue weighted by Gasteiger charge is 2.20. The van der Waals surface area contributed by atoms with Crippen LogP contribution in [-0.2, 0) is 9.53 Å². The van der Waals surface area contributed by atoms with Crippen molar-refractivity contribution in [2.45, 2.75) is 20.0 Å². The molecule has 2 aromatic rings. The van der Waals surface area contributed by atoms with Crippen molar-refractivity contribution in [1.29, 1.82) is 0 Å². The number of esters is 1. The Morgan fingerprint density at radius 3 is 2.04 bits per heavy atom. The highest BCUT2D eigenvalue weighted by atomic mass is 16.5. The summed E-state index contributed by atoms with van der Waals surface area (Å²) in [6, 6.07) is 12.0. The van der Waals surface area contributed by atoms with Crippen molar-refractivity contribution in [3.63, 3.8) is 0 Å². The number of hydrogen-bond donors (Lipinski definition) is 1. The number of carbonyl (C=O) groups excluding carboxylic acids is 2. The fourth-order valence-electron chi connectivity index (χ4n) is 2.09. The molecule has 6 heteroatoms. The van der Waals surface area contributed by atoms with Gasteiger partial charge in [0.25, 0.3) is 5.91 Å². The van der Waals surface area contributed by atoms with Crippen LogP contribution in [-0.4, -0.2) is 32.2 Å². The lowest BCUT2D eigenvalue weighted by Crippen LogP contribution is -2.30. The average Bonchev–Trinajstić information content (AvgIpc) is 2.62. The van der Waals surface area contributed by atoms with Gasteiger partial charge in [0.05, 0.1) is 19.8 Å². The van der Waals surface area contributed by atoms with Gasteiger partial charge in [0, 0.05) is 11.8 Å². The maximum atomic E-state index is 12.3. The van der Waals surface area contributed by atoms with Crippen LogP contribution in [0.25, 0.3) is 0 Å². The summed E-state index contributed by atoms with van der Waals surface area (Å²) in [4.78, 5) is 24.5. The Morgan fingerprint density at radius 2 is 1.52 bits per heavy atom. The molecule has 25 heavy (non-hydrogen) atoms. The minimum atomic E-state index is -0.953. The van der Waals surface area contributed by atoms with Crippen molar-refractivity contribution in [2.24, 2.45) is 0 Å². The molecule has 0 radical (unpaired) electrons. The molecular weight excluding hydrogens is 322 g/mol. The number of methoxy groups -OCH3 is 2. The number of carbonyl (C=O) groups is 2. The predicted molar refractivity (Wildman–Crippen MR) is 94.2 cm³/mol. The van der Waals surface area contributed by atoms with Crippen molar-refractivity contribution >= 4 is 17.6 Å². The Kier molecular flexibility index (Phi) is 6.00. The molecule has 0 saturated carbocycles. The van der Waals surface area contributed by atoms with Crippen LogP contribution >= 0.6 is 0 Å². The maximum absolute atomic E-state index is 12.3. The van der Waals surface area contributed by atoms with Gasteiger partial charge < -0.3 is 19.5 Å². The van der Waals surface area contributed by atoms with E-state index in [1.807, 2.05) is 19.1 Å². The van der Waals surface area contributed by atoms with Gasteiger partial charge in [-0.1, -0.05) is 17.7 Å². The second-order valence-electron chi connectivity index (χ2n) is 5.50. The maximum Gasteiger partial charge on any atom is 0.339 e. The minimum absolute atomic E-state index is 0.242. The van der Waals surface area contributed by atoms with Gasteiger partial charge >= 0.3 is 5.97 Å². The number of rotatable bonds is 6. The molecule has 0 aliphatic heterocycles. The molecule has 6 nitrogen and oxygen atoms in total. The zero-order chi connectivity index (χ0) is 18.4. The number of anilines is 1. The molecule has 132 valence electrons. The van der Waals surface area contributed by atoms with Crippen LogP contribution in [0, 0.1) is 6.92 Å². The summed E-state index contributed by atoms with van der Waals surface area (Å²) in [5.74, 6) is -0.123. The van der Waals surface area contributed by atoms with Crippen LogP contribution in [0.4, 0.5) is 5.69 Å². The van der Waals surface area contributed by atoms with Crippen molar-refractivity contribution < 1.29 is 23.8 Å². The molecule has 2 aromatic carbocycles. The minimum Gasteiger partial charge on any atom is -0.497 e. The summed E-state index contributed by atoms with van der Waals surface area (Å²) in [7, 11) is 2.98. The fourth-order valence-corrected chi connectivity index (χ4v) is 2.09. The lowest BCUT2D eigenvalue weighted by atomic mass is 10.2. The van der Waals surface area contributed by atoms with Gasteiger partial charge in [-0.3, -0.25) is 4.79 Å². The fraction of sp³-hybridized carbons (Fsp3) is 0.263. The SMILES string of the molecule is COc1cc(OC)cc(C(=O)OC(C)C(=O)Nc2ccc(C)cc2)c1. The van der Waals surface area contributed by atoms with Crippen molar-refractivity contribution in [2.75, 3.05) is 19.5 Å². The predicted octanol–water partition coefficient (Wildman–Crippen LogP) is 3.20. The molecule has 0 aliphatic carbocycles. The monoisotopic (exact) mass is 343 g/mol. The van der Waals surface area contributed by atoms with Gasteiger partial charge in [0.2, 0.25) is 0 Å². The number of amides is 1. The molecular formula is C19H21NO5. The molecule has 1 amide bonds. The van der Waals surface area contributed by atoms with Crippen LogP contribution < -0.4 is 14.8 Å². The van der Waals surface area contributed by atoms with E-state index in [2.05, 4.69) is 5.32 Å². The summed E-state index contributed by atoms with van der Waals surface area (Å²) in [6.07, 6.45) is -0.953. The quantitative estimate of drug-likeness (QED) is 0.816. The molecule has 1 N–H and O–H groups in total. The van der Waals surface area contributed by atoms with Crippen LogP contribution in [0.3, 0.4) is 0 Å². The molecule has 0 saturated heterocycles. The molecule has 0 aliphatic rings. The first-order chi connectivity index (χ1) is 11.9. The molecule has 0 spiro atoms. The first-order valence-electron chi connectivity index (χ1n) is 7.74. The molecule has 0 heterocycles. The smallest absolute Gasteiger partial charge is 0.339 e. The lowest BCUT2D eigenvalue weighted by Gasteiger charge is -2.14. The average molecular weight is 343 g/mol. The largest absolute Gasteiger partial charge is 0.497 e. The zero-order valence-electron chi connectivity index (χ0n) is 14.7. The Balaban J connectivity index is 2.03. The van der Waals surface area contributed by atoms with Crippen molar-refractivity contribution in [3.8, 4) is 11.5 Å². The third-order valence-corrected chi connectivity index (χ3v) is 3.56. The van der Waals surface area contributed by atoms with Crippen molar-refractivity contribution in [3.05, 3.63) is 53.6 Å². The number of hydrogen-bond acceptors (Lipinski definition) is 5. The zero-order valence-corrected chi connectivity index (χ0v) is 14.7. The summed E-state index contributed by atoms with van der Waals surface area (Å²) in [5.41, 5.74) is 1.97. The molecule has 0 bridgehead atoms. The van der Waals surface area contributed by atoms with E-state index in [4.69, 9.17) is 14.2 Å². The number of aryl methyl sites for hydroxylation is 1. The first-order valence-corrected chi connectivity index (χ1v) is 7.74. The Hall–Kier alpha value is -3.02. The van der Waals surface area contributed by atoms with Crippen LogP contribution in [0.15, 0.2) is 42.5 Å². The summed E-state index contributed by atoms with van der Waals surface area (Å²) >= 11 is 0. The third-order valence-electron chi connectivity index (χ3n) is 3.56. The Labute approximate surface area is 146 Å². The first kappa shape index (κ1) is 18.3. The van der Waals surface area contributed by atoms with Crippen LogP contribution in [0.1, 0.15) is 22.8 Å². The lowest BCUT2D eigenvalue weighted by molar-refractivity contribution is -0.123. The highest BCUT2D eigenvalue weighted by Crippen LogP contribution is 2.23. The molecule has 1 unspecified atom stereocenters. The molecule has 0 fully saturated rings. The van der Waals surface area contributed by atoms with E-state index < -0.39 is 18.0 Å². The topological polar surface area (TPSA) is 73.9 Å². The van der Waals surface area contributed by atoms with Crippen LogP contribution in [0.5, 0.6) is 11.5 Å². The Bertz CT molecular complexity index is 733. The normalized spacial score (nSPS) is 11.4. The van der Waals surface area contributed by atoms with Crippen molar-refractivity contribution in [1.82, 2.24) is 0 Å². The van der Waals surface area contributed by atoms with E-state index in [0.29, 0.717) is 17.2 Å². The molecule has 2 rings (SSSR count). The van der Waals surface area contributed by atoms with Gasteiger partial charge in [-0.15, -0.1) is 0 Å².